The third-order valence-corrected chi connectivity index (χ3v) is 4.25. The second kappa shape index (κ2) is 5.85. The molecule has 0 saturated carbocycles. The lowest BCUT2D eigenvalue weighted by atomic mass is 10.1. The molecule has 3 nitrogen and oxygen atoms in total. The van der Waals surface area contributed by atoms with E-state index in [2.05, 4.69) is 0 Å². The molecular formula is C15H13FN2OS. The molecule has 20 heavy (non-hydrogen) atoms. The van der Waals surface area contributed by atoms with E-state index in [1.54, 1.807) is 12.1 Å². The van der Waals surface area contributed by atoms with Crippen molar-refractivity contribution in [2.24, 2.45) is 0 Å². The SMILES string of the molecule is Cc1ccc(S(=O)Cc2cc(F)cc(C#N)c2)c(N)c1. The van der Waals surface area contributed by atoms with Gasteiger partial charge in [0.1, 0.15) is 5.82 Å². The van der Waals surface area contributed by atoms with Crippen LogP contribution in [-0.4, -0.2) is 4.21 Å². The maximum Gasteiger partial charge on any atom is 0.124 e. The van der Waals surface area contributed by atoms with Crippen molar-refractivity contribution in [3.05, 3.63) is 58.9 Å². The number of anilines is 1. The van der Waals surface area contributed by atoms with E-state index in [0.29, 0.717) is 16.1 Å². The predicted octanol–water partition coefficient (Wildman–Crippen LogP) is 2.90. The van der Waals surface area contributed by atoms with Crippen molar-refractivity contribution in [1.29, 1.82) is 5.26 Å². The molecule has 5 heteroatoms. The quantitative estimate of drug-likeness (QED) is 0.883. The number of nitrogens with two attached hydrogens (primary N) is 1. The van der Waals surface area contributed by atoms with Crippen LogP contribution in [0.1, 0.15) is 16.7 Å². The molecule has 2 aromatic carbocycles. The first-order valence-electron chi connectivity index (χ1n) is 5.93. The largest absolute Gasteiger partial charge is 0.398 e. The van der Waals surface area contributed by atoms with Gasteiger partial charge >= 0.3 is 0 Å². The van der Waals surface area contributed by atoms with Gasteiger partial charge in [0.25, 0.3) is 0 Å². The Morgan fingerprint density at radius 3 is 2.70 bits per heavy atom. The van der Waals surface area contributed by atoms with Crippen molar-refractivity contribution < 1.29 is 8.60 Å². The Labute approximate surface area is 119 Å². The normalized spacial score (nSPS) is 11.8. The number of hydrogen-bond donors (Lipinski definition) is 1. The Bertz CT molecular complexity index is 722. The van der Waals surface area contributed by atoms with Crippen LogP contribution < -0.4 is 5.73 Å². The molecule has 0 spiro atoms. The summed E-state index contributed by atoms with van der Waals surface area (Å²) in [5.74, 6) is -0.382. The van der Waals surface area contributed by atoms with E-state index in [9.17, 15) is 8.60 Å². The van der Waals surface area contributed by atoms with Crippen LogP contribution in [0, 0.1) is 24.1 Å². The molecule has 0 aliphatic rings. The summed E-state index contributed by atoms with van der Waals surface area (Å²) in [6.45, 7) is 1.90. The maximum atomic E-state index is 13.3. The lowest BCUT2D eigenvalue weighted by molar-refractivity contribution is 0.625. The molecule has 102 valence electrons. The first-order chi connectivity index (χ1) is 9.49. The zero-order chi connectivity index (χ0) is 14.7. The Balaban J connectivity index is 2.28. The van der Waals surface area contributed by atoms with Crippen LogP contribution in [0.5, 0.6) is 0 Å². The van der Waals surface area contributed by atoms with Gasteiger partial charge in [0.2, 0.25) is 0 Å². The van der Waals surface area contributed by atoms with E-state index < -0.39 is 16.6 Å². The molecule has 0 bridgehead atoms. The molecule has 0 radical (unpaired) electrons. The van der Waals surface area contributed by atoms with Gasteiger partial charge in [-0.3, -0.25) is 4.21 Å². The minimum atomic E-state index is -1.37. The zero-order valence-corrected chi connectivity index (χ0v) is 11.7. The van der Waals surface area contributed by atoms with Gasteiger partial charge in [0.15, 0.2) is 0 Å². The fourth-order valence-corrected chi connectivity index (χ4v) is 3.07. The summed E-state index contributed by atoms with van der Waals surface area (Å²) < 4.78 is 25.6. The van der Waals surface area contributed by atoms with Crippen molar-refractivity contribution in [3.8, 4) is 6.07 Å². The molecule has 0 saturated heterocycles. The summed E-state index contributed by atoms with van der Waals surface area (Å²) in [5, 5.41) is 8.80. The second-order valence-electron chi connectivity index (χ2n) is 4.49. The fourth-order valence-electron chi connectivity index (χ4n) is 1.90. The molecule has 0 aliphatic heterocycles. The highest BCUT2D eigenvalue weighted by Crippen LogP contribution is 2.21. The molecule has 0 aliphatic carbocycles. The highest BCUT2D eigenvalue weighted by atomic mass is 32.2. The fraction of sp³-hybridized carbons (Fsp3) is 0.133. The minimum absolute atomic E-state index is 0.125. The monoisotopic (exact) mass is 288 g/mol. The van der Waals surface area contributed by atoms with E-state index in [1.807, 2.05) is 19.1 Å². The number of halogens is 1. The number of hydrogen-bond acceptors (Lipinski definition) is 3. The van der Waals surface area contributed by atoms with Gasteiger partial charge < -0.3 is 5.73 Å². The van der Waals surface area contributed by atoms with Crippen molar-refractivity contribution in [3.63, 3.8) is 0 Å². The highest BCUT2D eigenvalue weighted by Gasteiger charge is 2.10. The van der Waals surface area contributed by atoms with Crippen LogP contribution >= 0.6 is 0 Å². The molecule has 1 unspecified atom stereocenters. The second-order valence-corrected chi connectivity index (χ2v) is 5.91. The molecule has 0 heterocycles. The van der Waals surface area contributed by atoms with Crippen LogP contribution in [0.4, 0.5) is 10.1 Å². The third kappa shape index (κ3) is 3.22. The van der Waals surface area contributed by atoms with Gasteiger partial charge in [-0.25, -0.2) is 4.39 Å². The summed E-state index contributed by atoms with van der Waals surface area (Å²) in [7, 11) is -1.37. The number of nitrogen functional groups attached to an aromatic ring is 1. The smallest absolute Gasteiger partial charge is 0.124 e. The molecule has 0 amide bonds. The molecule has 2 aromatic rings. The topological polar surface area (TPSA) is 66.9 Å². The summed E-state index contributed by atoms with van der Waals surface area (Å²) >= 11 is 0. The van der Waals surface area contributed by atoms with Gasteiger partial charge in [-0.1, -0.05) is 6.07 Å². The Kier molecular flexibility index (Phi) is 4.16. The summed E-state index contributed by atoms with van der Waals surface area (Å²) in [4.78, 5) is 0.526. The molecule has 2 N–H and O–H groups in total. The van der Waals surface area contributed by atoms with E-state index in [-0.39, 0.29) is 11.3 Å². The van der Waals surface area contributed by atoms with Crippen molar-refractivity contribution >= 4 is 16.5 Å². The number of aryl methyl sites for hydroxylation is 1. The summed E-state index contributed by atoms with van der Waals surface area (Å²) in [6.07, 6.45) is 0. The Morgan fingerprint density at radius 1 is 1.30 bits per heavy atom. The van der Waals surface area contributed by atoms with Crippen molar-refractivity contribution in [1.82, 2.24) is 0 Å². The van der Waals surface area contributed by atoms with Gasteiger partial charge in [-0.2, -0.15) is 5.26 Å². The molecule has 2 rings (SSSR count). The van der Waals surface area contributed by atoms with Crippen molar-refractivity contribution in [2.75, 3.05) is 5.73 Å². The van der Waals surface area contributed by atoms with Crippen molar-refractivity contribution in [2.45, 2.75) is 17.6 Å². The lowest BCUT2D eigenvalue weighted by Gasteiger charge is -2.07. The molecule has 0 aromatic heterocycles. The van der Waals surface area contributed by atoms with Crippen LogP contribution in [-0.2, 0) is 16.6 Å². The number of nitrogens with zero attached hydrogens (tertiary/aromatic N) is 1. The first-order valence-corrected chi connectivity index (χ1v) is 7.25. The van der Waals surface area contributed by atoms with Gasteiger partial charge in [0.05, 0.1) is 33.1 Å². The van der Waals surface area contributed by atoms with Crippen LogP contribution in [0.15, 0.2) is 41.3 Å². The lowest BCUT2D eigenvalue weighted by Crippen LogP contribution is -2.02. The maximum absolute atomic E-state index is 13.3. The number of benzene rings is 2. The Hall–Kier alpha value is -2.19. The van der Waals surface area contributed by atoms with Gasteiger partial charge in [0, 0.05) is 5.69 Å². The van der Waals surface area contributed by atoms with Gasteiger partial charge in [-0.15, -0.1) is 0 Å². The molecule has 0 fully saturated rings. The van der Waals surface area contributed by atoms with E-state index >= 15 is 0 Å². The first kappa shape index (κ1) is 14.2. The summed E-state index contributed by atoms with van der Waals surface area (Å²) in [5.41, 5.74) is 8.02. The van der Waals surface area contributed by atoms with Gasteiger partial charge in [-0.05, 0) is 48.4 Å². The standard InChI is InChI=1S/C15H13FN2OS/c1-10-2-3-15(14(18)4-10)20(19)9-12-5-11(8-17)6-13(16)7-12/h2-7H,9,18H2,1H3. The van der Waals surface area contributed by atoms with Crippen LogP contribution in [0.3, 0.4) is 0 Å². The highest BCUT2D eigenvalue weighted by molar-refractivity contribution is 7.84. The van der Waals surface area contributed by atoms with E-state index in [4.69, 9.17) is 11.0 Å². The molecular weight excluding hydrogens is 275 g/mol. The third-order valence-electron chi connectivity index (χ3n) is 2.80. The minimum Gasteiger partial charge on any atom is -0.398 e. The molecule has 1 atom stereocenters. The number of nitriles is 1. The van der Waals surface area contributed by atoms with Crippen LogP contribution in [0.2, 0.25) is 0 Å². The average molecular weight is 288 g/mol. The Morgan fingerprint density at radius 2 is 2.05 bits per heavy atom. The number of rotatable bonds is 3. The predicted molar refractivity (Wildman–Crippen MR) is 76.8 cm³/mol. The van der Waals surface area contributed by atoms with E-state index in [1.165, 1.54) is 12.1 Å². The van der Waals surface area contributed by atoms with Crippen LogP contribution in [0.25, 0.3) is 0 Å². The zero-order valence-electron chi connectivity index (χ0n) is 10.9. The van der Waals surface area contributed by atoms with E-state index in [0.717, 1.165) is 11.6 Å². The summed E-state index contributed by atoms with van der Waals surface area (Å²) in [6, 6.07) is 11.1. The average Bonchev–Trinajstić information content (AvgIpc) is 2.37.